The fourth-order valence-electron chi connectivity index (χ4n) is 1.95. The number of hydrogen-bond acceptors (Lipinski definition) is 4. The number of morpholine rings is 1. The number of halogens is 1. The van der Waals surface area contributed by atoms with Crippen molar-refractivity contribution in [1.82, 2.24) is 5.32 Å². The van der Waals surface area contributed by atoms with E-state index in [4.69, 9.17) is 10.5 Å². The third-order valence-electron chi connectivity index (χ3n) is 2.74. The lowest BCUT2D eigenvalue weighted by atomic mass is 9.91. The Kier molecular flexibility index (Phi) is 2.84. The monoisotopic (exact) mass is 226 g/mol. The molecule has 0 amide bonds. The zero-order chi connectivity index (χ0) is 11.8. The maximum Gasteiger partial charge on any atom is 0.129 e. The number of ether oxygens (including phenoxy) is 1. The van der Waals surface area contributed by atoms with Crippen molar-refractivity contribution in [2.75, 3.05) is 18.9 Å². The molecule has 1 fully saturated rings. The molecule has 4 nitrogen and oxygen atoms in total. The number of aliphatic hydroxyl groups is 1. The molecule has 1 aliphatic heterocycles. The maximum atomic E-state index is 13.7. The van der Waals surface area contributed by atoms with Gasteiger partial charge in [0.2, 0.25) is 0 Å². The normalized spacial score (nSPS) is 30.3. The molecule has 0 spiro atoms. The highest BCUT2D eigenvalue weighted by molar-refractivity contribution is 5.44. The summed E-state index contributed by atoms with van der Waals surface area (Å²) in [5.41, 5.74) is 5.77. The van der Waals surface area contributed by atoms with Crippen molar-refractivity contribution in [3.8, 4) is 0 Å². The van der Waals surface area contributed by atoms with Gasteiger partial charge in [-0.2, -0.15) is 0 Å². The minimum Gasteiger partial charge on any atom is -0.399 e. The number of benzene rings is 1. The quantitative estimate of drug-likeness (QED) is 0.612. The first-order valence-corrected chi connectivity index (χ1v) is 5.10. The van der Waals surface area contributed by atoms with Gasteiger partial charge in [0.1, 0.15) is 12.0 Å². The third-order valence-corrected chi connectivity index (χ3v) is 2.74. The average molecular weight is 226 g/mol. The zero-order valence-corrected chi connectivity index (χ0v) is 9.03. The maximum absolute atomic E-state index is 13.7. The van der Waals surface area contributed by atoms with E-state index in [1.54, 1.807) is 13.0 Å². The Labute approximate surface area is 93.2 Å². The van der Waals surface area contributed by atoms with Crippen LogP contribution in [0.3, 0.4) is 0 Å². The number of anilines is 1. The standard InChI is InChI=1S/C11H15FN2O2/c1-11(6-16-5-10(15)14-11)8-4-7(13)2-3-9(8)12/h2-4,10,14-15H,5-6,13H2,1H3/t10?,11-/m1/s1. The Hall–Kier alpha value is -1.17. The second kappa shape index (κ2) is 4.01. The molecule has 1 unspecified atom stereocenters. The second-order valence-corrected chi connectivity index (χ2v) is 4.25. The lowest BCUT2D eigenvalue weighted by Gasteiger charge is -2.38. The third kappa shape index (κ3) is 2.02. The van der Waals surface area contributed by atoms with Crippen LogP contribution in [0.2, 0.25) is 0 Å². The Bertz CT molecular complexity index is 400. The summed E-state index contributed by atoms with van der Waals surface area (Å²) >= 11 is 0. The molecule has 1 aromatic carbocycles. The molecule has 0 bridgehead atoms. The minimum absolute atomic E-state index is 0.208. The van der Waals surface area contributed by atoms with Gasteiger partial charge in [0.25, 0.3) is 0 Å². The van der Waals surface area contributed by atoms with Crippen molar-refractivity contribution >= 4 is 5.69 Å². The Morgan fingerprint density at radius 1 is 1.62 bits per heavy atom. The van der Waals surface area contributed by atoms with E-state index < -0.39 is 11.8 Å². The van der Waals surface area contributed by atoms with E-state index in [9.17, 15) is 9.50 Å². The summed E-state index contributed by atoms with van der Waals surface area (Å²) in [7, 11) is 0. The van der Waals surface area contributed by atoms with E-state index in [2.05, 4.69) is 5.32 Å². The van der Waals surface area contributed by atoms with Gasteiger partial charge in [-0.3, -0.25) is 5.32 Å². The van der Waals surface area contributed by atoms with Gasteiger partial charge in [-0.1, -0.05) is 0 Å². The van der Waals surface area contributed by atoms with E-state index in [0.29, 0.717) is 17.9 Å². The fraction of sp³-hybridized carbons (Fsp3) is 0.455. The molecule has 2 rings (SSSR count). The van der Waals surface area contributed by atoms with Gasteiger partial charge in [-0.15, -0.1) is 0 Å². The molecule has 1 heterocycles. The van der Waals surface area contributed by atoms with Crippen LogP contribution in [-0.4, -0.2) is 24.5 Å². The number of nitrogen functional groups attached to an aromatic ring is 1. The minimum atomic E-state index is -0.792. The molecule has 88 valence electrons. The molecule has 1 saturated heterocycles. The first-order valence-electron chi connectivity index (χ1n) is 5.10. The molecule has 4 N–H and O–H groups in total. The highest BCUT2D eigenvalue weighted by Gasteiger charge is 2.35. The summed E-state index contributed by atoms with van der Waals surface area (Å²) < 4.78 is 18.9. The van der Waals surface area contributed by atoms with Crippen LogP contribution in [0.5, 0.6) is 0 Å². The number of hydrogen-bond donors (Lipinski definition) is 3. The summed E-state index contributed by atoms with van der Waals surface area (Å²) in [5, 5.41) is 12.4. The van der Waals surface area contributed by atoms with Crippen LogP contribution in [0.15, 0.2) is 18.2 Å². The van der Waals surface area contributed by atoms with Crippen molar-refractivity contribution in [1.29, 1.82) is 0 Å². The average Bonchev–Trinajstić information content (AvgIpc) is 2.21. The lowest BCUT2D eigenvalue weighted by molar-refractivity contribution is -0.0716. The summed E-state index contributed by atoms with van der Waals surface area (Å²) in [6.45, 7) is 2.27. The molecule has 2 atom stereocenters. The van der Waals surface area contributed by atoms with Crippen LogP contribution in [0.4, 0.5) is 10.1 Å². The van der Waals surface area contributed by atoms with Gasteiger partial charge in [0.05, 0.1) is 18.8 Å². The predicted molar refractivity (Wildman–Crippen MR) is 58.1 cm³/mol. The molecular formula is C11H15FN2O2. The molecule has 1 aromatic rings. The Morgan fingerprint density at radius 3 is 3.06 bits per heavy atom. The van der Waals surface area contributed by atoms with E-state index in [-0.39, 0.29) is 12.4 Å². The molecule has 1 aliphatic rings. The number of aliphatic hydroxyl groups excluding tert-OH is 1. The van der Waals surface area contributed by atoms with Crippen molar-refractivity contribution in [2.45, 2.75) is 18.7 Å². The van der Waals surface area contributed by atoms with E-state index in [0.717, 1.165) is 0 Å². The molecule has 5 heteroatoms. The first kappa shape index (κ1) is 11.3. The van der Waals surface area contributed by atoms with Crippen molar-refractivity contribution < 1.29 is 14.2 Å². The summed E-state index contributed by atoms with van der Waals surface area (Å²) in [5.74, 6) is -0.359. The SMILES string of the molecule is C[C@]1(c2cc(N)ccc2F)COCC(O)N1. The topological polar surface area (TPSA) is 67.5 Å². The van der Waals surface area contributed by atoms with Crippen molar-refractivity contribution in [3.63, 3.8) is 0 Å². The van der Waals surface area contributed by atoms with Crippen LogP contribution < -0.4 is 11.1 Å². The smallest absolute Gasteiger partial charge is 0.129 e. The van der Waals surface area contributed by atoms with Crippen LogP contribution in [0, 0.1) is 5.82 Å². The Morgan fingerprint density at radius 2 is 2.38 bits per heavy atom. The Balaban J connectivity index is 2.37. The van der Waals surface area contributed by atoms with Crippen LogP contribution >= 0.6 is 0 Å². The van der Waals surface area contributed by atoms with Gasteiger partial charge >= 0.3 is 0 Å². The highest BCUT2D eigenvalue weighted by atomic mass is 19.1. The molecule has 16 heavy (non-hydrogen) atoms. The molecule has 0 aliphatic carbocycles. The van der Waals surface area contributed by atoms with E-state index in [1.165, 1.54) is 12.1 Å². The zero-order valence-electron chi connectivity index (χ0n) is 9.03. The van der Waals surface area contributed by atoms with Crippen LogP contribution in [0.25, 0.3) is 0 Å². The van der Waals surface area contributed by atoms with E-state index >= 15 is 0 Å². The van der Waals surface area contributed by atoms with Gasteiger partial charge in [0, 0.05) is 11.3 Å². The van der Waals surface area contributed by atoms with Crippen molar-refractivity contribution in [3.05, 3.63) is 29.6 Å². The molecule has 0 radical (unpaired) electrons. The van der Waals surface area contributed by atoms with Crippen LogP contribution in [-0.2, 0) is 10.3 Å². The van der Waals surface area contributed by atoms with Gasteiger partial charge in [0.15, 0.2) is 0 Å². The number of nitrogens with two attached hydrogens (primary N) is 1. The molecular weight excluding hydrogens is 211 g/mol. The second-order valence-electron chi connectivity index (χ2n) is 4.25. The molecule has 0 saturated carbocycles. The number of nitrogens with one attached hydrogen (secondary N) is 1. The molecule has 0 aromatic heterocycles. The van der Waals surface area contributed by atoms with Gasteiger partial charge < -0.3 is 15.6 Å². The highest BCUT2D eigenvalue weighted by Crippen LogP contribution is 2.28. The lowest BCUT2D eigenvalue weighted by Crippen LogP contribution is -2.55. The van der Waals surface area contributed by atoms with Crippen LogP contribution in [0.1, 0.15) is 12.5 Å². The van der Waals surface area contributed by atoms with Gasteiger partial charge in [-0.05, 0) is 25.1 Å². The summed E-state index contributed by atoms with van der Waals surface area (Å²) in [4.78, 5) is 0. The summed E-state index contributed by atoms with van der Waals surface area (Å²) in [6.07, 6.45) is -0.792. The summed E-state index contributed by atoms with van der Waals surface area (Å²) in [6, 6.07) is 4.38. The van der Waals surface area contributed by atoms with Crippen molar-refractivity contribution in [2.24, 2.45) is 0 Å². The van der Waals surface area contributed by atoms with Gasteiger partial charge in [-0.25, -0.2) is 4.39 Å². The van der Waals surface area contributed by atoms with E-state index in [1.807, 2.05) is 0 Å². The predicted octanol–water partition coefficient (Wildman–Crippen LogP) is 0.561. The first-order chi connectivity index (χ1) is 7.51. The largest absolute Gasteiger partial charge is 0.399 e. The number of rotatable bonds is 1. The fourth-order valence-corrected chi connectivity index (χ4v) is 1.95.